The molecule has 0 bridgehead atoms. The maximum absolute atomic E-state index is 13.1. The molecule has 0 aliphatic carbocycles. The maximum atomic E-state index is 13.1. The molecular formula is C11H15F2NO. The minimum atomic E-state index is -1.20. The normalized spacial score (nSPS) is 13.2. The molecular weight excluding hydrogens is 200 g/mol. The van der Waals surface area contributed by atoms with Crippen LogP contribution in [0.1, 0.15) is 25.3 Å². The summed E-state index contributed by atoms with van der Waals surface area (Å²) in [6.45, 7) is 4.12. The highest BCUT2D eigenvalue weighted by Crippen LogP contribution is 2.33. The fraction of sp³-hybridized carbons (Fsp3) is 0.455. The molecule has 84 valence electrons. The van der Waals surface area contributed by atoms with Crippen LogP contribution in [-0.4, -0.2) is 11.7 Å². The molecule has 3 N–H and O–H groups in total. The lowest BCUT2D eigenvalue weighted by molar-refractivity contribution is 0.387. The molecule has 0 saturated carbocycles. The van der Waals surface area contributed by atoms with Gasteiger partial charge in [-0.2, -0.15) is 4.39 Å². The molecule has 0 radical (unpaired) electrons. The zero-order valence-electron chi connectivity index (χ0n) is 8.80. The van der Waals surface area contributed by atoms with Crippen molar-refractivity contribution in [3.63, 3.8) is 0 Å². The molecule has 15 heavy (non-hydrogen) atoms. The molecule has 1 aromatic carbocycles. The smallest absolute Gasteiger partial charge is 0.200 e. The standard InChI is InChI=1S/C11H15F2NO/c1-6(2)8(5-14)7-3-4-9(12)10(13)11(7)15/h3-4,6,8,15H,5,14H2,1-2H3. The van der Waals surface area contributed by atoms with Gasteiger partial charge in [-0.25, -0.2) is 4.39 Å². The Balaban J connectivity index is 3.19. The third kappa shape index (κ3) is 2.26. The van der Waals surface area contributed by atoms with Crippen LogP contribution in [0.3, 0.4) is 0 Å². The van der Waals surface area contributed by atoms with Gasteiger partial charge in [0.05, 0.1) is 0 Å². The van der Waals surface area contributed by atoms with Gasteiger partial charge in [0, 0.05) is 11.5 Å². The van der Waals surface area contributed by atoms with Gasteiger partial charge >= 0.3 is 0 Å². The van der Waals surface area contributed by atoms with Gasteiger partial charge in [0.2, 0.25) is 5.82 Å². The van der Waals surface area contributed by atoms with E-state index in [0.717, 1.165) is 6.07 Å². The monoisotopic (exact) mass is 215 g/mol. The SMILES string of the molecule is CC(C)C(CN)c1ccc(F)c(F)c1O. The van der Waals surface area contributed by atoms with E-state index in [4.69, 9.17) is 5.73 Å². The Hall–Kier alpha value is -1.16. The van der Waals surface area contributed by atoms with Crippen molar-refractivity contribution in [1.29, 1.82) is 0 Å². The van der Waals surface area contributed by atoms with Crippen LogP contribution in [0.5, 0.6) is 5.75 Å². The van der Waals surface area contributed by atoms with Gasteiger partial charge in [-0.15, -0.1) is 0 Å². The highest BCUT2D eigenvalue weighted by atomic mass is 19.2. The van der Waals surface area contributed by atoms with Crippen molar-refractivity contribution in [3.8, 4) is 5.75 Å². The average Bonchev–Trinajstić information content (AvgIpc) is 2.18. The Morgan fingerprint density at radius 1 is 1.33 bits per heavy atom. The van der Waals surface area contributed by atoms with E-state index in [1.807, 2.05) is 13.8 Å². The predicted octanol–water partition coefficient (Wildman–Crippen LogP) is 2.37. The van der Waals surface area contributed by atoms with Gasteiger partial charge in [-0.3, -0.25) is 0 Å². The van der Waals surface area contributed by atoms with E-state index in [2.05, 4.69) is 0 Å². The summed E-state index contributed by atoms with van der Waals surface area (Å²) < 4.78 is 25.8. The van der Waals surface area contributed by atoms with Gasteiger partial charge in [0.1, 0.15) is 0 Å². The summed E-state index contributed by atoms with van der Waals surface area (Å²) in [7, 11) is 0. The van der Waals surface area contributed by atoms with Crippen molar-refractivity contribution < 1.29 is 13.9 Å². The van der Waals surface area contributed by atoms with Crippen LogP contribution in [0.15, 0.2) is 12.1 Å². The van der Waals surface area contributed by atoms with Crippen LogP contribution in [0.4, 0.5) is 8.78 Å². The number of nitrogens with two attached hydrogens (primary N) is 1. The second-order valence-electron chi connectivity index (χ2n) is 3.89. The number of hydrogen-bond acceptors (Lipinski definition) is 2. The molecule has 1 unspecified atom stereocenters. The molecule has 0 amide bonds. The molecule has 0 aliphatic rings. The van der Waals surface area contributed by atoms with Crippen molar-refractivity contribution in [2.24, 2.45) is 11.7 Å². The van der Waals surface area contributed by atoms with Crippen molar-refractivity contribution in [2.45, 2.75) is 19.8 Å². The van der Waals surface area contributed by atoms with Crippen LogP contribution in [0.2, 0.25) is 0 Å². The molecule has 1 aromatic rings. The van der Waals surface area contributed by atoms with Crippen LogP contribution < -0.4 is 5.73 Å². The van der Waals surface area contributed by atoms with E-state index in [1.54, 1.807) is 0 Å². The fourth-order valence-electron chi connectivity index (χ4n) is 1.61. The lowest BCUT2D eigenvalue weighted by Gasteiger charge is -2.20. The van der Waals surface area contributed by atoms with Crippen molar-refractivity contribution in [3.05, 3.63) is 29.3 Å². The fourth-order valence-corrected chi connectivity index (χ4v) is 1.61. The minimum absolute atomic E-state index is 0.158. The quantitative estimate of drug-likeness (QED) is 0.813. The summed E-state index contributed by atoms with van der Waals surface area (Å²) in [5.74, 6) is -2.88. The van der Waals surface area contributed by atoms with Gasteiger partial charge in [-0.05, 0) is 18.5 Å². The first kappa shape index (κ1) is 11.9. The van der Waals surface area contributed by atoms with Gasteiger partial charge in [0.15, 0.2) is 11.6 Å². The van der Waals surface area contributed by atoms with E-state index >= 15 is 0 Å². The molecule has 0 aliphatic heterocycles. The molecule has 4 heteroatoms. The molecule has 1 rings (SSSR count). The van der Waals surface area contributed by atoms with E-state index < -0.39 is 17.4 Å². The zero-order valence-corrected chi connectivity index (χ0v) is 8.80. The van der Waals surface area contributed by atoms with E-state index in [-0.39, 0.29) is 18.4 Å². The predicted molar refractivity (Wildman–Crippen MR) is 54.7 cm³/mol. The Labute approximate surface area is 87.7 Å². The number of benzene rings is 1. The number of hydrogen-bond donors (Lipinski definition) is 2. The largest absolute Gasteiger partial charge is 0.505 e. The first-order chi connectivity index (χ1) is 6.99. The summed E-state index contributed by atoms with van der Waals surface area (Å²) in [6, 6.07) is 2.39. The van der Waals surface area contributed by atoms with E-state index in [9.17, 15) is 13.9 Å². The lowest BCUT2D eigenvalue weighted by Crippen LogP contribution is -2.18. The van der Waals surface area contributed by atoms with E-state index in [0.29, 0.717) is 5.56 Å². The van der Waals surface area contributed by atoms with Crippen molar-refractivity contribution >= 4 is 0 Å². The van der Waals surface area contributed by atoms with Crippen molar-refractivity contribution in [2.75, 3.05) is 6.54 Å². The summed E-state index contributed by atoms with van der Waals surface area (Å²) in [5, 5.41) is 9.46. The van der Waals surface area contributed by atoms with Crippen molar-refractivity contribution in [1.82, 2.24) is 0 Å². The van der Waals surface area contributed by atoms with E-state index in [1.165, 1.54) is 6.07 Å². The van der Waals surface area contributed by atoms with Gasteiger partial charge in [0.25, 0.3) is 0 Å². The minimum Gasteiger partial charge on any atom is -0.505 e. The molecule has 0 spiro atoms. The van der Waals surface area contributed by atoms with Gasteiger partial charge < -0.3 is 10.8 Å². The second-order valence-corrected chi connectivity index (χ2v) is 3.89. The molecule has 1 atom stereocenters. The summed E-state index contributed by atoms with van der Waals surface area (Å²) in [6.07, 6.45) is 0. The highest BCUT2D eigenvalue weighted by Gasteiger charge is 2.21. The Bertz CT molecular complexity index is 353. The number of rotatable bonds is 3. The summed E-state index contributed by atoms with van der Waals surface area (Å²) in [5.41, 5.74) is 5.90. The summed E-state index contributed by atoms with van der Waals surface area (Å²) >= 11 is 0. The molecule has 0 fully saturated rings. The first-order valence-electron chi connectivity index (χ1n) is 4.86. The number of phenols is 1. The third-order valence-electron chi connectivity index (χ3n) is 2.56. The Kier molecular flexibility index (Phi) is 3.63. The van der Waals surface area contributed by atoms with Crippen LogP contribution in [0, 0.1) is 17.6 Å². The molecule has 0 aromatic heterocycles. The first-order valence-corrected chi connectivity index (χ1v) is 4.86. The molecule has 0 saturated heterocycles. The lowest BCUT2D eigenvalue weighted by atomic mass is 9.88. The number of aromatic hydroxyl groups is 1. The second kappa shape index (κ2) is 4.57. The van der Waals surface area contributed by atoms with Gasteiger partial charge in [-0.1, -0.05) is 19.9 Å². The topological polar surface area (TPSA) is 46.2 Å². The summed E-state index contributed by atoms with van der Waals surface area (Å²) in [4.78, 5) is 0. The number of halogens is 2. The molecule has 0 heterocycles. The molecule has 2 nitrogen and oxygen atoms in total. The third-order valence-corrected chi connectivity index (χ3v) is 2.56. The Morgan fingerprint density at radius 2 is 1.93 bits per heavy atom. The van der Waals surface area contributed by atoms with Crippen LogP contribution >= 0.6 is 0 Å². The Morgan fingerprint density at radius 3 is 2.40 bits per heavy atom. The highest BCUT2D eigenvalue weighted by molar-refractivity contribution is 5.37. The van der Waals surface area contributed by atoms with Crippen LogP contribution in [0.25, 0.3) is 0 Å². The zero-order chi connectivity index (χ0) is 11.6. The average molecular weight is 215 g/mol. The maximum Gasteiger partial charge on any atom is 0.200 e. The van der Waals surface area contributed by atoms with Crippen LogP contribution in [-0.2, 0) is 0 Å². The number of phenolic OH excluding ortho intramolecular Hbond substituents is 1.